The number of hydrogen-bond donors (Lipinski definition) is 1. The number of thioether (sulfide) groups is 1. The topological polar surface area (TPSA) is 83.4 Å². The predicted molar refractivity (Wildman–Crippen MR) is 136 cm³/mol. The Morgan fingerprint density at radius 2 is 1.82 bits per heavy atom. The summed E-state index contributed by atoms with van der Waals surface area (Å²) in [6, 6.07) is 14.7. The van der Waals surface area contributed by atoms with Crippen molar-refractivity contribution in [3.05, 3.63) is 59.4 Å². The van der Waals surface area contributed by atoms with Gasteiger partial charge in [0, 0.05) is 10.7 Å². The third-order valence-corrected chi connectivity index (χ3v) is 7.14. The van der Waals surface area contributed by atoms with Crippen molar-refractivity contribution in [2.75, 3.05) is 30.1 Å². The summed E-state index contributed by atoms with van der Waals surface area (Å²) in [6.45, 7) is 5.53. The number of nitrogens with one attached hydrogen (secondary N) is 1. The van der Waals surface area contributed by atoms with E-state index in [4.69, 9.17) is 11.6 Å². The molecule has 2 aromatic carbocycles. The highest BCUT2D eigenvalue weighted by Crippen LogP contribution is 2.37. The summed E-state index contributed by atoms with van der Waals surface area (Å²) >= 11 is 7.39. The van der Waals surface area contributed by atoms with Crippen molar-refractivity contribution in [1.82, 2.24) is 19.7 Å². The zero-order chi connectivity index (χ0) is 24.6. The number of rotatable bonds is 6. The second kappa shape index (κ2) is 9.40. The average molecular weight is 499 g/mol. The number of carbonyl (C=O) groups excluding carboxylic acids is 2. The largest absolute Gasteiger partial charge is 0.322 e. The predicted octanol–water partition coefficient (Wildman–Crippen LogP) is 4.40. The van der Waals surface area contributed by atoms with Crippen molar-refractivity contribution in [3.8, 4) is 5.69 Å². The van der Waals surface area contributed by atoms with Crippen LogP contribution < -0.4 is 10.2 Å². The number of carbonyl (C=O) groups is 2. The molecule has 8 nitrogen and oxygen atoms in total. The minimum absolute atomic E-state index is 0.00942. The second-order valence-electron chi connectivity index (χ2n) is 8.84. The molecular weight excluding hydrogens is 472 g/mol. The Kier molecular flexibility index (Phi) is 6.71. The van der Waals surface area contributed by atoms with Gasteiger partial charge >= 0.3 is 0 Å². The number of halogens is 1. The van der Waals surface area contributed by atoms with E-state index in [0.29, 0.717) is 21.6 Å². The number of nitrogens with zero attached hydrogens (tertiary/aromatic N) is 5. The van der Waals surface area contributed by atoms with Crippen LogP contribution in [0, 0.1) is 0 Å². The molecule has 3 aromatic rings. The summed E-state index contributed by atoms with van der Waals surface area (Å²) < 4.78 is 1.95. The average Bonchev–Trinajstić information content (AvgIpc) is 3.22. The van der Waals surface area contributed by atoms with E-state index in [1.165, 1.54) is 11.8 Å². The number of fused-ring (bicyclic) bond motifs is 1. The Hall–Kier alpha value is -2.88. The van der Waals surface area contributed by atoms with Crippen LogP contribution >= 0.6 is 23.4 Å². The summed E-state index contributed by atoms with van der Waals surface area (Å²) in [5.41, 5.74) is 1.13. The lowest BCUT2D eigenvalue weighted by molar-refractivity contribution is -0.125. The monoisotopic (exact) mass is 498 g/mol. The van der Waals surface area contributed by atoms with Gasteiger partial charge in [0.05, 0.1) is 23.2 Å². The fourth-order valence-corrected chi connectivity index (χ4v) is 4.73. The van der Waals surface area contributed by atoms with Crippen molar-refractivity contribution in [2.45, 2.75) is 37.5 Å². The zero-order valence-corrected chi connectivity index (χ0v) is 21.3. The normalized spacial score (nSPS) is 15.7. The summed E-state index contributed by atoms with van der Waals surface area (Å²) in [7, 11) is 3.95. The van der Waals surface area contributed by atoms with Gasteiger partial charge in [-0.15, -0.1) is 10.2 Å². The number of aromatic nitrogens is 3. The number of anilines is 2. The first kappa shape index (κ1) is 24.3. The molecule has 1 aromatic heterocycles. The Balaban J connectivity index is 1.66. The fraction of sp³-hybridized carbons (Fsp3) is 0.333. The molecule has 178 valence electrons. The maximum Gasteiger partial charge on any atom is 0.250 e. The van der Waals surface area contributed by atoms with Gasteiger partial charge in [-0.3, -0.25) is 24.0 Å². The smallest absolute Gasteiger partial charge is 0.250 e. The standard InChI is InChI=1S/C24H27ClN6O2S/c1-15(29(4)5)21-27-28-23(30(21)17-12-10-16(25)11-13-17)34-14-20(32)31-19-9-7-6-8-18(19)26-22(33)24(31,2)3/h6-13,15H,14H2,1-5H3,(H,26,33). The molecule has 10 heteroatoms. The van der Waals surface area contributed by atoms with Gasteiger partial charge in [-0.25, -0.2) is 0 Å². The number of amides is 2. The highest BCUT2D eigenvalue weighted by atomic mass is 35.5. The third-order valence-electron chi connectivity index (χ3n) is 5.97. The molecule has 4 rings (SSSR count). The molecule has 0 aliphatic carbocycles. The van der Waals surface area contributed by atoms with Gasteiger partial charge in [0.15, 0.2) is 11.0 Å². The van der Waals surface area contributed by atoms with Crippen molar-refractivity contribution < 1.29 is 9.59 Å². The van der Waals surface area contributed by atoms with Crippen molar-refractivity contribution in [2.24, 2.45) is 0 Å². The molecular formula is C24H27ClN6O2S. The Morgan fingerprint density at radius 1 is 1.15 bits per heavy atom. The van der Waals surface area contributed by atoms with Gasteiger partial charge in [0.25, 0.3) is 0 Å². The summed E-state index contributed by atoms with van der Waals surface area (Å²) in [6.07, 6.45) is 0. The lowest BCUT2D eigenvalue weighted by Crippen LogP contribution is -2.59. The third kappa shape index (κ3) is 4.43. The fourth-order valence-electron chi connectivity index (χ4n) is 3.80. The molecule has 34 heavy (non-hydrogen) atoms. The first-order valence-corrected chi connectivity index (χ1v) is 12.2. The van der Waals surface area contributed by atoms with Crippen LogP contribution in [-0.4, -0.2) is 56.9 Å². The van der Waals surface area contributed by atoms with Crippen LogP contribution in [0.1, 0.15) is 32.6 Å². The molecule has 0 fully saturated rings. The molecule has 2 heterocycles. The van der Waals surface area contributed by atoms with Gasteiger partial charge in [-0.05, 0) is 71.3 Å². The molecule has 0 spiro atoms. The van der Waals surface area contributed by atoms with E-state index in [2.05, 4.69) is 15.5 Å². The molecule has 0 bridgehead atoms. The molecule has 1 aliphatic heterocycles. The molecule has 1 N–H and O–H groups in total. The summed E-state index contributed by atoms with van der Waals surface area (Å²) in [4.78, 5) is 29.8. The SMILES string of the molecule is CC(c1nnc(SCC(=O)N2c3ccccc3NC(=O)C2(C)C)n1-c1ccc(Cl)cc1)N(C)C. The lowest BCUT2D eigenvalue weighted by Gasteiger charge is -2.42. The second-order valence-corrected chi connectivity index (χ2v) is 10.2. The summed E-state index contributed by atoms with van der Waals surface area (Å²) in [5.74, 6) is 0.430. The number of benzene rings is 2. The molecule has 1 atom stereocenters. The first-order chi connectivity index (χ1) is 16.1. The first-order valence-electron chi connectivity index (χ1n) is 10.8. The van der Waals surface area contributed by atoms with E-state index in [-0.39, 0.29) is 23.6 Å². The molecule has 1 aliphatic rings. The van der Waals surface area contributed by atoms with Crippen LogP contribution in [0.25, 0.3) is 5.69 Å². The van der Waals surface area contributed by atoms with E-state index in [0.717, 1.165) is 11.5 Å². The van der Waals surface area contributed by atoms with Gasteiger partial charge in [-0.1, -0.05) is 35.5 Å². The Bertz CT molecular complexity index is 1220. The van der Waals surface area contributed by atoms with Gasteiger partial charge < -0.3 is 5.32 Å². The van der Waals surface area contributed by atoms with Crippen LogP contribution in [-0.2, 0) is 9.59 Å². The van der Waals surface area contributed by atoms with Crippen molar-refractivity contribution in [1.29, 1.82) is 0 Å². The van der Waals surface area contributed by atoms with Crippen LogP contribution in [0.3, 0.4) is 0 Å². The van der Waals surface area contributed by atoms with Gasteiger partial charge in [0.2, 0.25) is 11.8 Å². The maximum absolute atomic E-state index is 13.5. The van der Waals surface area contributed by atoms with Gasteiger partial charge in [-0.2, -0.15) is 0 Å². The van der Waals surface area contributed by atoms with E-state index < -0.39 is 5.54 Å². The maximum atomic E-state index is 13.5. The van der Waals surface area contributed by atoms with Gasteiger partial charge in [0.1, 0.15) is 5.54 Å². The van der Waals surface area contributed by atoms with E-state index in [1.807, 2.05) is 73.0 Å². The Morgan fingerprint density at radius 3 is 2.50 bits per heavy atom. The molecule has 1 unspecified atom stereocenters. The van der Waals surface area contributed by atoms with Crippen LogP contribution in [0.15, 0.2) is 53.7 Å². The highest BCUT2D eigenvalue weighted by Gasteiger charge is 2.43. The summed E-state index contributed by atoms with van der Waals surface area (Å²) in [5, 5.41) is 12.9. The molecule has 2 amide bonds. The molecule has 0 radical (unpaired) electrons. The Labute approximate surface area is 208 Å². The quantitative estimate of drug-likeness (QED) is 0.507. The van der Waals surface area contributed by atoms with E-state index in [1.54, 1.807) is 24.8 Å². The van der Waals surface area contributed by atoms with Crippen molar-refractivity contribution >= 4 is 46.6 Å². The minimum atomic E-state index is -1.03. The molecule has 0 saturated carbocycles. The zero-order valence-electron chi connectivity index (χ0n) is 19.7. The minimum Gasteiger partial charge on any atom is -0.322 e. The number of para-hydroxylation sites is 2. The number of hydrogen-bond acceptors (Lipinski definition) is 6. The lowest BCUT2D eigenvalue weighted by atomic mass is 9.96. The van der Waals surface area contributed by atoms with E-state index >= 15 is 0 Å². The van der Waals surface area contributed by atoms with Crippen molar-refractivity contribution in [3.63, 3.8) is 0 Å². The van der Waals surface area contributed by atoms with Crippen LogP contribution in [0.2, 0.25) is 5.02 Å². The van der Waals surface area contributed by atoms with Crippen LogP contribution in [0.5, 0.6) is 0 Å². The van der Waals surface area contributed by atoms with Crippen LogP contribution in [0.4, 0.5) is 11.4 Å². The molecule has 0 saturated heterocycles. The highest BCUT2D eigenvalue weighted by molar-refractivity contribution is 7.99. The van der Waals surface area contributed by atoms with E-state index in [9.17, 15) is 9.59 Å².